The Morgan fingerprint density at radius 3 is 2.18 bits per heavy atom. The molecule has 0 aliphatic rings. The molecule has 3 aromatic carbocycles. The van der Waals surface area contributed by atoms with Crippen LogP contribution >= 0.6 is 11.6 Å². The van der Waals surface area contributed by atoms with Crippen LogP contribution in [0.4, 0.5) is 0 Å². The van der Waals surface area contributed by atoms with Crippen LogP contribution in [0.3, 0.4) is 0 Å². The molecule has 7 heteroatoms. The van der Waals surface area contributed by atoms with E-state index in [1.807, 2.05) is 26.0 Å². The zero-order valence-corrected chi connectivity index (χ0v) is 19.4. The number of esters is 1. The minimum atomic E-state index is -0.535. The summed E-state index contributed by atoms with van der Waals surface area (Å²) in [6.07, 6.45) is 1.51. The predicted molar refractivity (Wildman–Crippen MR) is 133 cm³/mol. The van der Waals surface area contributed by atoms with E-state index in [0.717, 1.165) is 22.6 Å². The summed E-state index contributed by atoms with van der Waals surface area (Å²) in [6, 6.07) is 24.9. The molecule has 0 saturated heterocycles. The summed E-state index contributed by atoms with van der Waals surface area (Å²) >= 11 is 6.03. The molecule has 1 heterocycles. The third-order valence-corrected chi connectivity index (χ3v) is 5.55. The van der Waals surface area contributed by atoms with Gasteiger partial charge in [0.2, 0.25) is 0 Å². The maximum absolute atomic E-state index is 12.4. The highest BCUT2D eigenvalue weighted by Crippen LogP contribution is 2.19. The van der Waals surface area contributed by atoms with Gasteiger partial charge in [0.05, 0.1) is 16.8 Å². The average Bonchev–Trinajstić information content (AvgIpc) is 3.18. The number of carbonyl (C=O) groups excluding carboxylic acids is 2. The molecule has 0 unspecified atom stereocenters. The summed E-state index contributed by atoms with van der Waals surface area (Å²) in [5, 5.41) is 4.34. The minimum absolute atomic E-state index is 0.296. The van der Waals surface area contributed by atoms with Crippen molar-refractivity contribution < 1.29 is 14.3 Å². The van der Waals surface area contributed by atoms with Crippen molar-refractivity contribution in [3.63, 3.8) is 0 Å². The molecule has 0 bridgehead atoms. The molecule has 0 saturated carbocycles. The Bertz CT molecular complexity index is 1340. The zero-order valence-electron chi connectivity index (χ0n) is 18.7. The van der Waals surface area contributed by atoms with Crippen LogP contribution in [-0.4, -0.2) is 22.7 Å². The van der Waals surface area contributed by atoms with E-state index in [0.29, 0.717) is 21.9 Å². The largest absolute Gasteiger partial charge is 0.423 e. The number of hydrogen-bond acceptors (Lipinski definition) is 4. The lowest BCUT2D eigenvalue weighted by Crippen LogP contribution is -2.17. The molecule has 4 aromatic rings. The van der Waals surface area contributed by atoms with Crippen LogP contribution in [0.1, 0.15) is 37.7 Å². The van der Waals surface area contributed by atoms with E-state index in [2.05, 4.69) is 27.2 Å². The highest BCUT2D eigenvalue weighted by atomic mass is 35.5. The fourth-order valence-electron chi connectivity index (χ4n) is 3.48. The highest BCUT2D eigenvalue weighted by Gasteiger charge is 2.12. The van der Waals surface area contributed by atoms with Crippen LogP contribution in [0.5, 0.6) is 5.75 Å². The summed E-state index contributed by atoms with van der Waals surface area (Å²) in [4.78, 5) is 24.6. The maximum Gasteiger partial charge on any atom is 0.345 e. The number of aromatic nitrogens is 1. The number of nitrogens with zero attached hydrogens (tertiary/aromatic N) is 2. The first-order chi connectivity index (χ1) is 16.4. The smallest absolute Gasteiger partial charge is 0.345 e. The highest BCUT2D eigenvalue weighted by molar-refractivity contribution is 6.33. The third kappa shape index (κ3) is 5.24. The van der Waals surface area contributed by atoms with Crippen LogP contribution in [0, 0.1) is 13.8 Å². The summed E-state index contributed by atoms with van der Waals surface area (Å²) in [7, 11) is 0. The lowest BCUT2D eigenvalue weighted by Gasteiger charge is -2.10. The Balaban J connectivity index is 1.34. The van der Waals surface area contributed by atoms with Crippen molar-refractivity contribution in [1.29, 1.82) is 0 Å². The van der Waals surface area contributed by atoms with Crippen LogP contribution in [0.2, 0.25) is 5.02 Å². The summed E-state index contributed by atoms with van der Waals surface area (Å²) in [6.45, 7) is 4.08. The Morgan fingerprint density at radius 1 is 0.882 bits per heavy atom. The molecule has 34 heavy (non-hydrogen) atoms. The number of nitrogens with one attached hydrogen (secondary N) is 1. The van der Waals surface area contributed by atoms with Gasteiger partial charge < -0.3 is 9.30 Å². The fourth-order valence-corrected chi connectivity index (χ4v) is 3.69. The minimum Gasteiger partial charge on any atom is -0.423 e. The number of hydrazone groups is 1. The summed E-state index contributed by atoms with van der Waals surface area (Å²) in [5.41, 5.74) is 7.30. The Kier molecular flexibility index (Phi) is 6.90. The van der Waals surface area contributed by atoms with Crippen molar-refractivity contribution in [2.45, 2.75) is 13.8 Å². The molecule has 1 aromatic heterocycles. The van der Waals surface area contributed by atoms with Gasteiger partial charge in [-0.25, -0.2) is 10.2 Å². The summed E-state index contributed by atoms with van der Waals surface area (Å²) in [5.74, 6) is -0.471. The Labute approximate surface area is 202 Å². The van der Waals surface area contributed by atoms with Gasteiger partial charge >= 0.3 is 5.97 Å². The monoisotopic (exact) mass is 471 g/mol. The van der Waals surface area contributed by atoms with E-state index in [-0.39, 0.29) is 5.91 Å². The second-order valence-electron chi connectivity index (χ2n) is 7.64. The first-order valence-electron chi connectivity index (χ1n) is 10.6. The van der Waals surface area contributed by atoms with Crippen molar-refractivity contribution in [3.8, 4) is 11.4 Å². The van der Waals surface area contributed by atoms with Crippen molar-refractivity contribution in [1.82, 2.24) is 9.99 Å². The molecule has 1 N–H and O–H groups in total. The average molecular weight is 472 g/mol. The third-order valence-electron chi connectivity index (χ3n) is 5.22. The van der Waals surface area contributed by atoms with Gasteiger partial charge in [-0.15, -0.1) is 0 Å². The van der Waals surface area contributed by atoms with Crippen LogP contribution in [0.15, 0.2) is 90.0 Å². The molecule has 4 rings (SSSR count). The number of halogens is 1. The second kappa shape index (κ2) is 10.2. The first kappa shape index (κ1) is 23.0. The second-order valence-corrected chi connectivity index (χ2v) is 8.04. The van der Waals surface area contributed by atoms with Crippen molar-refractivity contribution in [2.24, 2.45) is 5.10 Å². The van der Waals surface area contributed by atoms with Crippen LogP contribution in [0.25, 0.3) is 5.69 Å². The number of ether oxygens (including phenoxy) is 1. The molecule has 0 fully saturated rings. The van der Waals surface area contributed by atoms with Crippen LogP contribution < -0.4 is 10.2 Å². The normalized spacial score (nSPS) is 10.9. The van der Waals surface area contributed by atoms with E-state index >= 15 is 0 Å². The number of hydrogen-bond donors (Lipinski definition) is 1. The topological polar surface area (TPSA) is 72.7 Å². The lowest BCUT2D eigenvalue weighted by molar-refractivity contribution is 0.0734. The van der Waals surface area contributed by atoms with Gasteiger partial charge in [-0.3, -0.25) is 4.79 Å². The number of aryl methyl sites for hydroxylation is 2. The van der Waals surface area contributed by atoms with Crippen molar-refractivity contribution >= 4 is 29.7 Å². The number of amides is 1. The summed E-state index contributed by atoms with van der Waals surface area (Å²) < 4.78 is 7.47. The van der Waals surface area contributed by atoms with E-state index in [4.69, 9.17) is 16.3 Å². The van der Waals surface area contributed by atoms with Gasteiger partial charge in [0.1, 0.15) is 5.75 Å². The van der Waals surface area contributed by atoms with E-state index in [1.165, 1.54) is 6.21 Å². The Morgan fingerprint density at radius 2 is 1.53 bits per heavy atom. The van der Waals surface area contributed by atoms with Gasteiger partial charge in [-0.2, -0.15) is 5.10 Å². The molecule has 0 aliphatic heterocycles. The number of carbonyl (C=O) groups is 2. The molecular formula is C27H22ClN3O3. The molecule has 6 nitrogen and oxygen atoms in total. The standard InChI is InChI=1S/C27H22ClN3O3/c1-18-7-8-19(2)31(18)22-13-11-21(12-14-22)26(32)30-29-17-20-9-15-23(16-10-20)34-27(33)24-5-3-4-6-25(24)28/h3-17H,1-2H3,(H,30,32)/b29-17-. The quantitative estimate of drug-likeness (QED) is 0.169. The van der Waals surface area contributed by atoms with Gasteiger partial charge in [0.25, 0.3) is 5.91 Å². The first-order valence-corrected chi connectivity index (χ1v) is 11.0. The molecular weight excluding hydrogens is 450 g/mol. The zero-order chi connectivity index (χ0) is 24.1. The Hall–Kier alpha value is -4.16. The van der Waals surface area contributed by atoms with Gasteiger partial charge in [0, 0.05) is 22.6 Å². The van der Waals surface area contributed by atoms with E-state index in [1.54, 1.807) is 60.7 Å². The van der Waals surface area contributed by atoms with Gasteiger partial charge in [-0.05, 0) is 92.2 Å². The van der Waals surface area contributed by atoms with Crippen molar-refractivity contribution in [3.05, 3.63) is 118 Å². The lowest BCUT2D eigenvalue weighted by atomic mass is 10.2. The van der Waals surface area contributed by atoms with E-state index < -0.39 is 5.97 Å². The predicted octanol–water partition coefficient (Wildman–Crippen LogP) is 5.73. The van der Waals surface area contributed by atoms with Gasteiger partial charge in [-0.1, -0.05) is 23.7 Å². The molecule has 1 amide bonds. The molecule has 170 valence electrons. The van der Waals surface area contributed by atoms with E-state index in [9.17, 15) is 9.59 Å². The molecule has 0 aliphatic carbocycles. The maximum atomic E-state index is 12.4. The fraction of sp³-hybridized carbons (Fsp3) is 0.0741. The SMILES string of the molecule is Cc1ccc(C)n1-c1ccc(C(=O)N/N=C\c2ccc(OC(=O)c3ccccc3Cl)cc2)cc1. The van der Waals surface area contributed by atoms with Crippen molar-refractivity contribution in [2.75, 3.05) is 0 Å². The molecule has 0 radical (unpaired) electrons. The van der Waals surface area contributed by atoms with Crippen LogP contribution in [-0.2, 0) is 0 Å². The molecule has 0 spiro atoms. The number of benzene rings is 3. The number of rotatable bonds is 6. The van der Waals surface area contributed by atoms with Gasteiger partial charge in [0.15, 0.2) is 0 Å². The molecule has 0 atom stereocenters.